The number of hydrogen-bond donors (Lipinski definition) is 2. The number of nitrogens with one attached hydrogen (secondary N) is 1. The molecule has 0 aromatic heterocycles. The molecule has 0 aliphatic heterocycles. The van der Waals surface area contributed by atoms with E-state index < -0.39 is 0 Å². The van der Waals surface area contributed by atoms with Gasteiger partial charge in [-0.3, -0.25) is 4.79 Å². The zero-order valence-electron chi connectivity index (χ0n) is 8.01. The van der Waals surface area contributed by atoms with Gasteiger partial charge in [0.1, 0.15) is 5.82 Å². The van der Waals surface area contributed by atoms with Gasteiger partial charge in [-0.05, 0) is 18.2 Å². The lowest BCUT2D eigenvalue weighted by Gasteiger charge is -2.05. The molecule has 76 valence electrons. The quantitative estimate of drug-likeness (QED) is 0.718. The van der Waals surface area contributed by atoms with Crippen LogP contribution in [0, 0.1) is 5.82 Å². The minimum absolute atomic E-state index is 0.105. The average molecular weight is 196 g/mol. The second kappa shape index (κ2) is 4.60. The van der Waals surface area contributed by atoms with Gasteiger partial charge in [0.2, 0.25) is 5.91 Å². The fourth-order valence-electron chi connectivity index (χ4n) is 1.05. The maximum Gasteiger partial charge on any atom is 0.219 e. The Balaban J connectivity index is 2.66. The Hall–Kier alpha value is -1.58. The van der Waals surface area contributed by atoms with Gasteiger partial charge in [0, 0.05) is 24.2 Å². The molecule has 0 radical (unpaired) electrons. The van der Waals surface area contributed by atoms with Crippen molar-refractivity contribution in [1.82, 2.24) is 5.32 Å². The van der Waals surface area contributed by atoms with E-state index in [0.717, 1.165) is 0 Å². The number of halogens is 1. The molecule has 0 atom stereocenters. The highest BCUT2D eigenvalue weighted by molar-refractivity contribution is 5.75. The van der Waals surface area contributed by atoms with E-state index in [1.165, 1.54) is 18.2 Å². The standard InChI is InChI=1S/C10H13FN2O/c1-2-10(14)13-6-7-5-8(12)3-4-9(7)11/h3-5H,2,6,12H2,1H3,(H,13,14). The normalized spacial score (nSPS) is 9.86. The van der Waals surface area contributed by atoms with E-state index in [0.29, 0.717) is 17.7 Å². The maximum atomic E-state index is 13.1. The molecule has 0 fully saturated rings. The predicted molar refractivity (Wildman–Crippen MR) is 53.0 cm³/mol. The zero-order valence-corrected chi connectivity index (χ0v) is 8.01. The Morgan fingerprint density at radius 2 is 2.29 bits per heavy atom. The monoisotopic (exact) mass is 196 g/mol. The molecular formula is C10H13FN2O. The molecular weight excluding hydrogens is 183 g/mol. The highest BCUT2D eigenvalue weighted by Gasteiger charge is 2.03. The molecule has 0 aliphatic carbocycles. The molecule has 1 aromatic carbocycles. The van der Waals surface area contributed by atoms with Crippen LogP contribution in [0.1, 0.15) is 18.9 Å². The van der Waals surface area contributed by atoms with Gasteiger partial charge in [0.15, 0.2) is 0 Å². The first-order valence-corrected chi connectivity index (χ1v) is 4.44. The zero-order chi connectivity index (χ0) is 10.6. The highest BCUT2D eigenvalue weighted by Crippen LogP contribution is 2.11. The highest BCUT2D eigenvalue weighted by atomic mass is 19.1. The summed E-state index contributed by atoms with van der Waals surface area (Å²) >= 11 is 0. The smallest absolute Gasteiger partial charge is 0.219 e. The van der Waals surface area contributed by atoms with E-state index in [1.54, 1.807) is 6.92 Å². The lowest BCUT2D eigenvalue weighted by molar-refractivity contribution is -0.120. The fraction of sp³-hybridized carbons (Fsp3) is 0.300. The Kier molecular flexibility index (Phi) is 3.45. The molecule has 3 nitrogen and oxygen atoms in total. The fourth-order valence-corrected chi connectivity index (χ4v) is 1.05. The third-order valence-electron chi connectivity index (χ3n) is 1.87. The van der Waals surface area contributed by atoms with E-state index in [9.17, 15) is 9.18 Å². The molecule has 1 amide bonds. The third kappa shape index (κ3) is 2.73. The molecule has 0 bridgehead atoms. The van der Waals surface area contributed by atoms with E-state index >= 15 is 0 Å². The molecule has 3 N–H and O–H groups in total. The van der Waals surface area contributed by atoms with Crippen LogP contribution in [0.15, 0.2) is 18.2 Å². The summed E-state index contributed by atoms with van der Waals surface area (Å²) in [6.07, 6.45) is 0.393. The molecule has 0 spiro atoms. The first-order valence-electron chi connectivity index (χ1n) is 4.44. The second-order valence-corrected chi connectivity index (χ2v) is 2.98. The first-order chi connectivity index (χ1) is 6.63. The Morgan fingerprint density at radius 3 is 2.93 bits per heavy atom. The van der Waals surface area contributed by atoms with Crippen molar-refractivity contribution in [1.29, 1.82) is 0 Å². The average Bonchev–Trinajstić information content (AvgIpc) is 2.19. The minimum atomic E-state index is -0.351. The van der Waals surface area contributed by atoms with E-state index in [1.807, 2.05) is 0 Å². The molecule has 0 saturated heterocycles. The van der Waals surface area contributed by atoms with Crippen molar-refractivity contribution in [3.8, 4) is 0 Å². The third-order valence-corrected chi connectivity index (χ3v) is 1.87. The van der Waals surface area contributed by atoms with Crippen LogP contribution in [-0.4, -0.2) is 5.91 Å². The molecule has 0 heterocycles. The number of hydrogen-bond acceptors (Lipinski definition) is 2. The predicted octanol–water partition coefficient (Wildman–Crippen LogP) is 1.43. The summed E-state index contributed by atoms with van der Waals surface area (Å²) in [4.78, 5) is 10.9. The van der Waals surface area contributed by atoms with Gasteiger partial charge < -0.3 is 11.1 Å². The lowest BCUT2D eigenvalue weighted by atomic mass is 10.2. The van der Waals surface area contributed by atoms with Crippen molar-refractivity contribution in [2.24, 2.45) is 0 Å². The van der Waals surface area contributed by atoms with E-state index in [-0.39, 0.29) is 18.3 Å². The van der Waals surface area contributed by atoms with Gasteiger partial charge in [-0.25, -0.2) is 4.39 Å². The number of nitrogen functional groups attached to an aromatic ring is 1. The molecule has 1 rings (SSSR count). The van der Waals surface area contributed by atoms with Crippen LogP contribution in [0.2, 0.25) is 0 Å². The second-order valence-electron chi connectivity index (χ2n) is 2.98. The van der Waals surface area contributed by atoms with Crippen molar-refractivity contribution in [3.05, 3.63) is 29.6 Å². The van der Waals surface area contributed by atoms with Gasteiger partial charge in [0.25, 0.3) is 0 Å². The summed E-state index contributed by atoms with van der Waals surface area (Å²) in [5, 5.41) is 2.58. The summed E-state index contributed by atoms with van der Waals surface area (Å²) in [6, 6.07) is 4.30. The maximum absolute atomic E-state index is 13.1. The van der Waals surface area contributed by atoms with Crippen LogP contribution >= 0.6 is 0 Å². The van der Waals surface area contributed by atoms with Crippen LogP contribution in [0.25, 0.3) is 0 Å². The van der Waals surface area contributed by atoms with Gasteiger partial charge in [-0.15, -0.1) is 0 Å². The molecule has 0 aliphatic rings. The van der Waals surface area contributed by atoms with Crippen LogP contribution in [0.3, 0.4) is 0 Å². The van der Waals surface area contributed by atoms with E-state index in [4.69, 9.17) is 5.73 Å². The van der Waals surface area contributed by atoms with Gasteiger partial charge in [-0.1, -0.05) is 6.92 Å². The first kappa shape index (κ1) is 10.5. The molecule has 0 saturated carbocycles. The summed E-state index contributed by atoms with van der Waals surface area (Å²) in [5.41, 5.74) is 6.39. The Bertz CT molecular complexity index is 339. The summed E-state index contributed by atoms with van der Waals surface area (Å²) in [5.74, 6) is -0.456. The summed E-state index contributed by atoms with van der Waals surface area (Å²) < 4.78 is 13.1. The minimum Gasteiger partial charge on any atom is -0.399 e. The summed E-state index contributed by atoms with van der Waals surface area (Å²) in [7, 11) is 0. The number of nitrogens with two attached hydrogens (primary N) is 1. The Labute approximate surface area is 82.1 Å². The van der Waals surface area contributed by atoms with Crippen LogP contribution in [0.4, 0.5) is 10.1 Å². The van der Waals surface area contributed by atoms with Crippen molar-refractivity contribution in [2.75, 3.05) is 5.73 Å². The topological polar surface area (TPSA) is 55.1 Å². The molecule has 0 unspecified atom stereocenters. The van der Waals surface area contributed by atoms with Gasteiger partial charge in [0.05, 0.1) is 0 Å². The number of benzene rings is 1. The summed E-state index contributed by atoms with van der Waals surface area (Å²) in [6.45, 7) is 1.93. The number of anilines is 1. The van der Waals surface area contributed by atoms with Crippen LogP contribution in [-0.2, 0) is 11.3 Å². The largest absolute Gasteiger partial charge is 0.399 e. The van der Waals surface area contributed by atoms with Gasteiger partial charge >= 0.3 is 0 Å². The van der Waals surface area contributed by atoms with Crippen molar-refractivity contribution < 1.29 is 9.18 Å². The van der Waals surface area contributed by atoms with E-state index in [2.05, 4.69) is 5.32 Å². The molecule has 4 heteroatoms. The van der Waals surface area contributed by atoms with Crippen LogP contribution < -0.4 is 11.1 Å². The number of carbonyl (C=O) groups excluding carboxylic acids is 1. The molecule has 1 aromatic rings. The Morgan fingerprint density at radius 1 is 1.57 bits per heavy atom. The van der Waals surface area contributed by atoms with Crippen molar-refractivity contribution in [3.63, 3.8) is 0 Å². The van der Waals surface area contributed by atoms with Crippen molar-refractivity contribution >= 4 is 11.6 Å². The van der Waals surface area contributed by atoms with Crippen molar-refractivity contribution in [2.45, 2.75) is 19.9 Å². The lowest BCUT2D eigenvalue weighted by Crippen LogP contribution is -2.22. The SMILES string of the molecule is CCC(=O)NCc1cc(N)ccc1F. The number of amides is 1. The number of carbonyl (C=O) groups is 1. The number of rotatable bonds is 3. The van der Waals surface area contributed by atoms with Crippen LogP contribution in [0.5, 0.6) is 0 Å². The van der Waals surface area contributed by atoms with Gasteiger partial charge in [-0.2, -0.15) is 0 Å². The molecule has 14 heavy (non-hydrogen) atoms.